The molecule has 0 aliphatic rings. The van der Waals surface area contributed by atoms with E-state index in [1.54, 1.807) is 26.0 Å². The maximum Gasteiger partial charge on any atom is 0.150 e. The minimum atomic E-state index is -0.734. The van der Waals surface area contributed by atoms with Crippen molar-refractivity contribution in [2.75, 3.05) is 5.32 Å². The van der Waals surface area contributed by atoms with Crippen molar-refractivity contribution in [3.8, 4) is 5.75 Å². The van der Waals surface area contributed by atoms with E-state index in [4.69, 9.17) is 11.6 Å². The number of aromatic hydroxyl groups is 1. The molecule has 0 saturated carbocycles. The molecule has 20 heavy (non-hydrogen) atoms. The molecule has 0 bridgehead atoms. The summed E-state index contributed by atoms with van der Waals surface area (Å²) in [5, 5.41) is 12.5. The lowest BCUT2D eigenvalue weighted by atomic mass is 10.1. The second-order valence-corrected chi connectivity index (χ2v) is 5.08. The van der Waals surface area contributed by atoms with Gasteiger partial charge in [0.25, 0.3) is 0 Å². The Hall–Kier alpha value is -1.81. The van der Waals surface area contributed by atoms with Crippen molar-refractivity contribution < 1.29 is 13.9 Å². The maximum absolute atomic E-state index is 13.6. The topological polar surface area (TPSA) is 32.3 Å². The number of hydrogen-bond donors (Lipinski definition) is 2. The largest absolute Gasteiger partial charge is 0.507 e. The van der Waals surface area contributed by atoms with E-state index in [1.165, 1.54) is 0 Å². The van der Waals surface area contributed by atoms with Crippen molar-refractivity contribution in [2.24, 2.45) is 0 Å². The lowest BCUT2D eigenvalue weighted by molar-refractivity contribution is 0.466. The van der Waals surface area contributed by atoms with Crippen LogP contribution in [0, 0.1) is 25.5 Å². The molecule has 0 aromatic heterocycles. The van der Waals surface area contributed by atoms with Crippen molar-refractivity contribution in [1.29, 1.82) is 0 Å². The Morgan fingerprint density at radius 3 is 2.25 bits per heavy atom. The Bertz CT molecular complexity index is 612. The third kappa shape index (κ3) is 3.02. The number of benzene rings is 2. The lowest BCUT2D eigenvalue weighted by Gasteiger charge is -2.12. The van der Waals surface area contributed by atoms with E-state index in [0.717, 1.165) is 28.8 Å². The van der Waals surface area contributed by atoms with E-state index in [0.29, 0.717) is 6.54 Å². The summed E-state index contributed by atoms with van der Waals surface area (Å²) in [6.07, 6.45) is 0. The zero-order chi connectivity index (χ0) is 14.9. The van der Waals surface area contributed by atoms with E-state index in [1.807, 2.05) is 0 Å². The van der Waals surface area contributed by atoms with Gasteiger partial charge in [-0.1, -0.05) is 23.7 Å². The van der Waals surface area contributed by atoms with E-state index >= 15 is 0 Å². The molecule has 2 rings (SSSR count). The van der Waals surface area contributed by atoms with Crippen LogP contribution in [0.2, 0.25) is 5.02 Å². The highest BCUT2D eigenvalue weighted by Gasteiger charge is 2.10. The summed E-state index contributed by atoms with van der Waals surface area (Å²) in [5.74, 6) is -1.20. The monoisotopic (exact) mass is 297 g/mol. The highest BCUT2D eigenvalue weighted by Crippen LogP contribution is 2.28. The molecule has 0 unspecified atom stereocenters. The number of rotatable bonds is 3. The predicted molar refractivity (Wildman–Crippen MR) is 76.3 cm³/mol. The maximum atomic E-state index is 13.6. The summed E-state index contributed by atoms with van der Waals surface area (Å²) >= 11 is 5.81. The molecular formula is C15H14ClF2NO. The number of aryl methyl sites for hydroxylation is 2. The van der Waals surface area contributed by atoms with Gasteiger partial charge in [-0.3, -0.25) is 0 Å². The number of halogens is 3. The van der Waals surface area contributed by atoms with Crippen LogP contribution in [0.3, 0.4) is 0 Å². The third-order valence-electron chi connectivity index (χ3n) is 3.03. The molecule has 0 fully saturated rings. The molecule has 0 heterocycles. The van der Waals surface area contributed by atoms with Crippen LogP contribution in [-0.4, -0.2) is 5.11 Å². The first kappa shape index (κ1) is 14.6. The van der Waals surface area contributed by atoms with Gasteiger partial charge in [0, 0.05) is 12.6 Å². The number of hydrogen-bond acceptors (Lipinski definition) is 2. The smallest absolute Gasteiger partial charge is 0.150 e. The summed E-state index contributed by atoms with van der Waals surface area (Å²) in [4.78, 5) is 0. The quantitative estimate of drug-likeness (QED) is 0.871. The Labute approximate surface area is 121 Å². The van der Waals surface area contributed by atoms with E-state index in [9.17, 15) is 13.9 Å². The van der Waals surface area contributed by atoms with Crippen LogP contribution in [0.4, 0.5) is 14.5 Å². The van der Waals surface area contributed by atoms with E-state index in [2.05, 4.69) is 5.32 Å². The Balaban J connectivity index is 2.21. The number of anilines is 1. The van der Waals surface area contributed by atoms with Crippen LogP contribution < -0.4 is 5.32 Å². The molecular weight excluding hydrogens is 284 g/mol. The van der Waals surface area contributed by atoms with Gasteiger partial charge in [0.2, 0.25) is 0 Å². The Morgan fingerprint density at radius 1 is 1.10 bits per heavy atom. The van der Waals surface area contributed by atoms with Crippen LogP contribution in [0.15, 0.2) is 24.3 Å². The highest BCUT2D eigenvalue weighted by atomic mass is 35.5. The standard InChI is InChI=1S/C15H14ClF2NO/c1-8-3-10(4-9(2)15(8)20)7-19-14-12(16)5-11(17)6-13(14)18/h3-6,19-20H,7H2,1-2H3. The average Bonchev–Trinajstić information content (AvgIpc) is 2.34. The minimum Gasteiger partial charge on any atom is -0.507 e. The molecule has 5 heteroatoms. The predicted octanol–water partition coefficient (Wildman–Crippen LogP) is 4.55. The van der Waals surface area contributed by atoms with Gasteiger partial charge in [-0.2, -0.15) is 0 Å². The fraction of sp³-hybridized carbons (Fsp3) is 0.200. The molecule has 0 spiro atoms. The van der Waals surface area contributed by atoms with Gasteiger partial charge < -0.3 is 10.4 Å². The van der Waals surface area contributed by atoms with Crippen LogP contribution in [-0.2, 0) is 6.54 Å². The fourth-order valence-electron chi connectivity index (χ4n) is 2.05. The molecule has 0 atom stereocenters. The van der Waals surface area contributed by atoms with Crippen molar-refractivity contribution in [3.63, 3.8) is 0 Å². The first-order chi connectivity index (χ1) is 9.38. The summed E-state index contributed by atoms with van der Waals surface area (Å²) < 4.78 is 26.6. The van der Waals surface area contributed by atoms with Gasteiger partial charge in [-0.25, -0.2) is 8.78 Å². The molecule has 0 amide bonds. The van der Waals surface area contributed by atoms with Crippen LogP contribution in [0.1, 0.15) is 16.7 Å². The summed E-state index contributed by atoms with van der Waals surface area (Å²) in [6, 6.07) is 5.43. The second kappa shape index (κ2) is 5.67. The van der Waals surface area contributed by atoms with Crippen molar-refractivity contribution in [3.05, 3.63) is 57.6 Å². The molecule has 2 N–H and O–H groups in total. The molecule has 2 aromatic rings. The van der Waals surface area contributed by atoms with Gasteiger partial charge in [-0.05, 0) is 36.6 Å². The van der Waals surface area contributed by atoms with Crippen LogP contribution in [0.25, 0.3) is 0 Å². The Kier molecular flexibility index (Phi) is 4.14. The normalized spacial score (nSPS) is 10.7. The highest BCUT2D eigenvalue weighted by molar-refractivity contribution is 6.33. The molecule has 106 valence electrons. The number of phenols is 1. The minimum absolute atomic E-state index is 0.00489. The van der Waals surface area contributed by atoms with Gasteiger partial charge in [-0.15, -0.1) is 0 Å². The number of phenolic OH excluding ortho intramolecular Hbond substituents is 1. The first-order valence-corrected chi connectivity index (χ1v) is 6.44. The zero-order valence-electron chi connectivity index (χ0n) is 11.1. The van der Waals surface area contributed by atoms with Crippen LogP contribution in [0.5, 0.6) is 5.75 Å². The molecule has 2 nitrogen and oxygen atoms in total. The van der Waals surface area contributed by atoms with E-state index < -0.39 is 11.6 Å². The van der Waals surface area contributed by atoms with Crippen molar-refractivity contribution in [2.45, 2.75) is 20.4 Å². The summed E-state index contributed by atoms with van der Waals surface area (Å²) in [7, 11) is 0. The summed E-state index contributed by atoms with van der Waals surface area (Å²) in [6.45, 7) is 3.90. The van der Waals surface area contributed by atoms with Crippen LogP contribution >= 0.6 is 11.6 Å². The fourth-order valence-corrected chi connectivity index (χ4v) is 2.31. The molecule has 0 saturated heterocycles. The SMILES string of the molecule is Cc1cc(CNc2c(F)cc(F)cc2Cl)cc(C)c1O. The zero-order valence-corrected chi connectivity index (χ0v) is 11.9. The number of nitrogens with one attached hydrogen (secondary N) is 1. The van der Waals surface area contributed by atoms with Crippen molar-refractivity contribution in [1.82, 2.24) is 0 Å². The van der Waals surface area contributed by atoms with Gasteiger partial charge in [0.05, 0.1) is 10.7 Å². The van der Waals surface area contributed by atoms with Gasteiger partial charge in [0.15, 0.2) is 5.82 Å². The summed E-state index contributed by atoms with van der Waals surface area (Å²) in [5.41, 5.74) is 2.42. The van der Waals surface area contributed by atoms with Crippen molar-refractivity contribution >= 4 is 17.3 Å². The van der Waals surface area contributed by atoms with Gasteiger partial charge >= 0.3 is 0 Å². The molecule has 0 aliphatic heterocycles. The first-order valence-electron chi connectivity index (χ1n) is 6.06. The average molecular weight is 298 g/mol. The molecule has 0 aliphatic carbocycles. The van der Waals surface area contributed by atoms with Gasteiger partial charge in [0.1, 0.15) is 11.6 Å². The second-order valence-electron chi connectivity index (χ2n) is 4.68. The third-order valence-corrected chi connectivity index (χ3v) is 3.33. The molecule has 2 aromatic carbocycles. The lowest BCUT2D eigenvalue weighted by Crippen LogP contribution is -2.03. The Morgan fingerprint density at radius 2 is 1.70 bits per heavy atom. The van der Waals surface area contributed by atoms with E-state index in [-0.39, 0.29) is 16.5 Å². The molecule has 0 radical (unpaired) electrons.